The number of carbonyl (C=O) groups is 1. The first-order valence-electron chi connectivity index (χ1n) is 2.91. The number of hydrogen-bond acceptors (Lipinski definition) is 4. The standard InChI is InChI=1S/C7H6O3S/c1-9-7(8)5-2-3-6(11)10-4-5/h2-4H,1H3. The van der Waals surface area contributed by atoms with Crippen LogP contribution >= 0.6 is 12.2 Å². The van der Waals surface area contributed by atoms with Crippen molar-refractivity contribution in [3.63, 3.8) is 0 Å². The van der Waals surface area contributed by atoms with Crippen LogP contribution in [0.2, 0.25) is 0 Å². The van der Waals surface area contributed by atoms with Gasteiger partial charge in [0, 0.05) is 0 Å². The molecule has 0 aliphatic carbocycles. The Kier molecular flexibility index (Phi) is 2.38. The van der Waals surface area contributed by atoms with Gasteiger partial charge in [0.2, 0.25) is 0 Å². The van der Waals surface area contributed by atoms with E-state index in [1.165, 1.54) is 19.4 Å². The number of esters is 1. The lowest BCUT2D eigenvalue weighted by atomic mass is 10.3. The summed E-state index contributed by atoms with van der Waals surface area (Å²) in [4.78, 5) is 10.8. The first kappa shape index (κ1) is 7.94. The first-order valence-corrected chi connectivity index (χ1v) is 3.32. The second-order valence-electron chi connectivity index (χ2n) is 1.83. The van der Waals surface area contributed by atoms with Crippen LogP contribution in [0.25, 0.3) is 0 Å². The molecule has 0 saturated heterocycles. The Morgan fingerprint density at radius 3 is 2.82 bits per heavy atom. The van der Waals surface area contributed by atoms with Crippen molar-refractivity contribution in [1.82, 2.24) is 0 Å². The average molecular weight is 170 g/mol. The van der Waals surface area contributed by atoms with Crippen molar-refractivity contribution in [2.45, 2.75) is 0 Å². The summed E-state index contributed by atoms with van der Waals surface area (Å²) >= 11 is 4.68. The summed E-state index contributed by atoms with van der Waals surface area (Å²) in [6.45, 7) is 0. The van der Waals surface area contributed by atoms with Crippen LogP contribution in [0.4, 0.5) is 0 Å². The van der Waals surface area contributed by atoms with Gasteiger partial charge in [0.05, 0.1) is 12.7 Å². The van der Waals surface area contributed by atoms with E-state index in [0.29, 0.717) is 10.3 Å². The highest BCUT2D eigenvalue weighted by Gasteiger charge is 2.03. The van der Waals surface area contributed by atoms with E-state index in [9.17, 15) is 4.79 Å². The molecular formula is C7H6O3S. The van der Waals surface area contributed by atoms with Crippen molar-refractivity contribution in [1.29, 1.82) is 0 Å². The van der Waals surface area contributed by atoms with Gasteiger partial charge in [-0.1, -0.05) is 0 Å². The predicted molar refractivity (Wildman–Crippen MR) is 40.9 cm³/mol. The Hall–Kier alpha value is -1.16. The van der Waals surface area contributed by atoms with Gasteiger partial charge in [-0.05, 0) is 24.4 Å². The highest BCUT2D eigenvalue weighted by molar-refractivity contribution is 7.71. The molecule has 0 N–H and O–H groups in total. The zero-order valence-electron chi connectivity index (χ0n) is 5.87. The van der Waals surface area contributed by atoms with Crippen LogP contribution in [0.3, 0.4) is 0 Å². The Bertz CT molecular complexity index is 295. The molecular weight excluding hydrogens is 164 g/mol. The average Bonchev–Trinajstić information content (AvgIpc) is 2.05. The lowest BCUT2D eigenvalue weighted by Gasteiger charge is -1.95. The summed E-state index contributed by atoms with van der Waals surface area (Å²) in [5.41, 5.74) is 0.362. The molecule has 4 heteroatoms. The maximum atomic E-state index is 10.8. The maximum absolute atomic E-state index is 10.8. The largest absolute Gasteiger partial charge is 0.465 e. The second kappa shape index (κ2) is 3.30. The van der Waals surface area contributed by atoms with Gasteiger partial charge in [0.1, 0.15) is 6.26 Å². The third kappa shape index (κ3) is 1.88. The Morgan fingerprint density at radius 2 is 2.36 bits per heavy atom. The second-order valence-corrected chi connectivity index (χ2v) is 2.24. The van der Waals surface area contributed by atoms with E-state index in [1.54, 1.807) is 6.07 Å². The molecule has 3 nitrogen and oxygen atoms in total. The summed E-state index contributed by atoms with van der Waals surface area (Å²) in [5, 5.41) is 0. The van der Waals surface area contributed by atoms with Gasteiger partial charge in [-0.3, -0.25) is 0 Å². The fraction of sp³-hybridized carbons (Fsp3) is 0.143. The summed E-state index contributed by atoms with van der Waals surface area (Å²) in [5.74, 6) is -0.427. The molecule has 0 unspecified atom stereocenters. The molecule has 1 heterocycles. The molecule has 0 atom stereocenters. The fourth-order valence-electron chi connectivity index (χ4n) is 0.592. The van der Waals surface area contributed by atoms with Gasteiger partial charge < -0.3 is 9.15 Å². The lowest BCUT2D eigenvalue weighted by Crippen LogP contribution is -1.99. The van der Waals surface area contributed by atoms with E-state index in [1.807, 2.05) is 0 Å². The van der Waals surface area contributed by atoms with E-state index in [0.717, 1.165) is 0 Å². The molecule has 0 bridgehead atoms. The van der Waals surface area contributed by atoms with Gasteiger partial charge >= 0.3 is 5.97 Å². The van der Waals surface area contributed by atoms with Gasteiger partial charge in [-0.25, -0.2) is 4.79 Å². The molecule has 0 saturated carbocycles. The molecule has 1 rings (SSSR count). The molecule has 1 aromatic rings. The summed E-state index contributed by atoms with van der Waals surface area (Å²) < 4.78 is 9.58. The molecule has 0 aromatic carbocycles. The van der Waals surface area contributed by atoms with Crippen LogP contribution < -0.4 is 0 Å². The van der Waals surface area contributed by atoms with E-state index in [-0.39, 0.29) is 0 Å². The van der Waals surface area contributed by atoms with Crippen LogP contribution in [0.1, 0.15) is 10.4 Å². The van der Waals surface area contributed by atoms with Crippen molar-refractivity contribution in [2.75, 3.05) is 7.11 Å². The number of ether oxygens (including phenoxy) is 1. The number of carbonyl (C=O) groups excluding carboxylic acids is 1. The predicted octanol–water partition coefficient (Wildman–Crippen LogP) is 1.80. The summed E-state index contributed by atoms with van der Waals surface area (Å²) in [6.07, 6.45) is 1.27. The SMILES string of the molecule is COC(=O)c1ccc(=S)oc1. The molecule has 0 spiro atoms. The topological polar surface area (TPSA) is 39.4 Å². The third-order valence-electron chi connectivity index (χ3n) is 1.12. The minimum Gasteiger partial charge on any atom is -0.465 e. The molecule has 1 aromatic heterocycles. The number of rotatable bonds is 1. The number of hydrogen-bond donors (Lipinski definition) is 0. The normalized spacial score (nSPS) is 9.18. The third-order valence-corrected chi connectivity index (χ3v) is 1.35. The van der Waals surface area contributed by atoms with E-state index in [2.05, 4.69) is 17.0 Å². The summed E-state index contributed by atoms with van der Waals surface area (Å²) in [7, 11) is 1.31. The van der Waals surface area contributed by atoms with Crippen LogP contribution in [0.15, 0.2) is 22.8 Å². The van der Waals surface area contributed by atoms with Crippen LogP contribution in [0, 0.1) is 4.71 Å². The molecule has 0 aliphatic heterocycles. The fourth-order valence-corrected chi connectivity index (χ4v) is 0.708. The van der Waals surface area contributed by atoms with E-state index >= 15 is 0 Å². The van der Waals surface area contributed by atoms with Crippen molar-refractivity contribution < 1.29 is 13.9 Å². The van der Waals surface area contributed by atoms with Crippen molar-refractivity contribution in [2.24, 2.45) is 0 Å². The Morgan fingerprint density at radius 1 is 1.64 bits per heavy atom. The van der Waals surface area contributed by atoms with Crippen LogP contribution in [-0.2, 0) is 4.74 Å². The summed E-state index contributed by atoms with van der Waals surface area (Å²) in [6, 6.07) is 3.08. The smallest absolute Gasteiger partial charge is 0.341 e. The molecule has 0 fully saturated rings. The van der Waals surface area contributed by atoms with Crippen molar-refractivity contribution in [3.05, 3.63) is 28.7 Å². The van der Waals surface area contributed by atoms with Crippen molar-refractivity contribution >= 4 is 18.2 Å². The minimum atomic E-state index is -0.427. The van der Waals surface area contributed by atoms with Gasteiger partial charge in [-0.15, -0.1) is 0 Å². The van der Waals surface area contributed by atoms with Crippen molar-refractivity contribution in [3.8, 4) is 0 Å². The molecule has 0 amide bonds. The van der Waals surface area contributed by atoms with Crippen LogP contribution in [-0.4, -0.2) is 13.1 Å². The molecule has 11 heavy (non-hydrogen) atoms. The Labute approximate surface area is 68.6 Å². The lowest BCUT2D eigenvalue weighted by molar-refractivity contribution is 0.0598. The molecule has 0 radical (unpaired) electrons. The minimum absolute atomic E-state index is 0.345. The molecule has 0 aliphatic rings. The highest BCUT2D eigenvalue weighted by Crippen LogP contribution is 2.01. The zero-order valence-corrected chi connectivity index (χ0v) is 6.68. The highest BCUT2D eigenvalue weighted by atomic mass is 32.1. The number of methoxy groups -OCH3 is 1. The van der Waals surface area contributed by atoms with E-state index in [4.69, 9.17) is 4.42 Å². The monoisotopic (exact) mass is 170 g/mol. The zero-order chi connectivity index (χ0) is 8.27. The van der Waals surface area contributed by atoms with Gasteiger partial charge in [-0.2, -0.15) is 0 Å². The van der Waals surface area contributed by atoms with Gasteiger partial charge in [0.15, 0.2) is 4.71 Å². The Balaban J connectivity index is 2.99. The quantitative estimate of drug-likeness (QED) is 0.476. The maximum Gasteiger partial charge on any atom is 0.341 e. The van der Waals surface area contributed by atoms with E-state index < -0.39 is 5.97 Å². The van der Waals surface area contributed by atoms with Crippen LogP contribution in [0.5, 0.6) is 0 Å². The molecule has 58 valence electrons. The first-order chi connectivity index (χ1) is 5.24. The van der Waals surface area contributed by atoms with Gasteiger partial charge in [0.25, 0.3) is 0 Å².